The van der Waals surface area contributed by atoms with Crippen molar-refractivity contribution in [2.24, 2.45) is 0 Å². The van der Waals surface area contributed by atoms with Crippen molar-refractivity contribution in [1.82, 2.24) is 0 Å². The third-order valence-electron chi connectivity index (χ3n) is 3.02. The van der Waals surface area contributed by atoms with Crippen molar-refractivity contribution in [2.75, 3.05) is 0 Å². The molecule has 0 saturated heterocycles. The molecule has 0 spiro atoms. The molecule has 3 radical (unpaired) electrons. The molecule has 0 bridgehead atoms. The first-order valence-electron chi connectivity index (χ1n) is 6.20. The third-order valence-corrected chi connectivity index (χ3v) is 3.57. The third kappa shape index (κ3) is 3.75. The Morgan fingerprint density at radius 1 is 1.05 bits per heavy atom. The summed E-state index contributed by atoms with van der Waals surface area (Å²) >= 11 is 0. The fraction of sp³-hybridized carbons (Fsp3) is 0.250. The molecule has 97 valence electrons. The van der Waals surface area contributed by atoms with E-state index in [0.29, 0.717) is 0 Å². The normalized spacial score (nSPS) is 11.6. The van der Waals surface area contributed by atoms with Crippen LogP contribution in [-0.4, -0.2) is 16.1 Å². The molecular formula is C16H16FOSi. The SMILES string of the molecule is CC(C)(Cc1ccc(-c2cccc(F)c2)cc1)O[Si]. The lowest BCUT2D eigenvalue weighted by Crippen LogP contribution is -2.26. The summed E-state index contributed by atoms with van der Waals surface area (Å²) in [7, 11) is 3.09. The van der Waals surface area contributed by atoms with Crippen molar-refractivity contribution in [1.29, 1.82) is 0 Å². The van der Waals surface area contributed by atoms with Crippen molar-refractivity contribution in [3.63, 3.8) is 0 Å². The monoisotopic (exact) mass is 271 g/mol. The van der Waals surface area contributed by atoms with Gasteiger partial charge in [-0.1, -0.05) is 36.4 Å². The van der Waals surface area contributed by atoms with Crippen LogP contribution in [0.1, 0.15) is 19.4 Å². The Morgan fingerprint density at radius 2 is 1.74 bits per heavy atom. The van der Waals surface area contributed by atoms with Gasteiger partial charge in [-0.25, -0.2) is 4.39 Å². The molecule has 0 aromatic heterocycles. The Kier molecular flexibility index (Phi) is 4.17. The van der Waals surface area contributed by atoms with Gasteiger partial charge in [0.15, 0.2) is 0 Å². The first kappa shape index (κ1) is 14.0. The summed E-state index contributed by atoms with van der Waals surface area (Å²) in [6, 6.07) is 14.7. The molecule has 2 aromatic rings. The van der Waals surface area contributed by atoms with Crippen molar-refractivity contribution in [2.45, 2.75) is 25.9 Å². The van der Waals surface area contributed by atoms with E-state index < -0.39 is 0 Å². The molecule has 0 atom stereocenters. The van der Waals surface area contributed by atoms with E-state index in [2.05, 4.69) is 10.5 Å². The van der Waals surface area contributed by atoms with E-state index >= 15 is 0 Å². The Balaban J connectivity index is 2.19. The summed E-state index contributed by atoms with van der Waals surface area (Å²) in [6.07, 6.45) is 0.805. The molecule has 0 unspecified atom stereocenters. The summed E-state index contributed by atoms with van der Waals surface area (Å²) < 4.78 is 18.4. The maximum atomic E-state index is 13.2. The number of benzene rings is 2. The molecule has 0 aliphatic rings. The van der Waals surface area contributed by atoms with Crippen LogP contribution < -0.4 is 0 Å². The van der Waals surface area contributed by atoms with Crippen LogP contribution >= 0.6 is 0 Å². The molecule has 1 nitrogen and oxygen atoms in total. The van der Waals surface area contributed by atoms with E-state index in [-0.39, 0.29) is 11.4 Å². The summed E-state index contributed by atoms with van der Waals surface area (Å²) in [4.78, 5) is 0. The minimum absolute atomic E-state index is 0.213. The molecule has 0 heterocycles. The number of halogens is 1. The van der Waals surface area contributed by atoms with Crippen LogP contribution in [0.4, 0.5) is 4.39 Å². The van der Waals surface area contributed by atoms with Gasteiger partial charge in [0.2, 0.25) is 10.5 Å². The topological polar surface area (TPSA) is 9.23 Å². The van der Waals surface area contributed by atoms with Crippen LogP contribution in [0.15, 0.2) is 48.5 Å². The van der Waals surface area contributed by atoms with Gasteiger partial charge in [-0.05, 0) is 49.1 Å². The van der Waals surface area contributed by atoms with Gasteiger partial charge in [0, 0.05) is 0 Å². The molecule has 0 saturated carbocycles. The van der Waals surface area contributed by atoms with Crippen molar-refractivity contribution >= 4 is 10.5 Å². The van der Waals surface area contributed by atoms with E-state index in [4.69, 9.17) is 4.43 Å². The highest BCUT2D eigenvalue weighted by molar-refractivity contribution is 5.98. The highest BCUT2D eigenvalue weighted by Crippen LogP contribution is 2.22. The molecule has 0 amide bonds. The molecule has 2 aromatic carbocycles. The molecule has 0 aliphatic carbocycles. The quantitative estimate of drug-likeness (QED) is 0.766. The van der Waals surface area contributed by atoms with Gasteiger partial charge in [-0.2, -0.15) is 0 Å². The average molecular weight is 271 g/mol. The van der Waals surface area contributed by atoms with Crippen LogP contribution in [0.2, 0.25) is 0 Å². The summed E-state index contributed by atoms with van der Waals surface area (Å²) in [5, 5.41) is 0. The number of hydrogen-bond acceptors (Lipinski definition) is 1. The molecule has 0 fully saturated rings. The Labute approximate surface area is 117 Å². The van der Waals surface area contributed by atoms with Crippen LogP contribution in [-0.2, 0) is 10.8 Å². The highest BCUT2D eigenvalue weighted by Gasteiger charge is 2.16. The van der Waals surface area contributed by atoms with Crippen molar-refractivity contribution < 1.29 is 8.82 Å². The van der Waals surface area contributed by atoms with E-state index in [1.54, 1.807) is 12.1 Å². The lowest BCUT2D eigenvalue weighted by molar-refractivity contribution is 0.124. The largest absolute Gasteiger partial charge is 0.413 e. The number of rotatable bonds is 4. The zero-order valence-corrected chi connectivity index (χ0v) is 12.1. The van der Waals surface area contributed by atoms with Crippen molar-refractivity contribution in [3.05, 3.63) is 59.9 Å². The zero-order chi connectivity index (χ0) is 13.9. The van der Waals surface area contributed by atoms with Crippen molar-refractivity contribution in [3.8, 4) is 11.1 Å². The minimum atomic E-state index is -0.253. The van der Waals surface area contributed by atoms with Gasteiger partial charge in [0.05, 0.1) is 5.60 Å². The molecular weight excluding hydrogens is 255 g/mol. The van der Waals surface area contributed by atoms with E-state index in [1.165, 1.54) is 11.6 Å². The standard InChI is InChI=1S/C16H16FOSi/c1-16(2,18-19)11-12-6-8-13(9-7-12)14-4-3-5-15(17)10-14/h3-10H,11H2,1-2H3. The lowest BCUT2D eigenvalue weighted by Gasteiger charge is -2.23. The molecule has 2 rings (SSSR count). The Bertz CT molecular complexity index is 549. The second-order valence-electron chi connectivity index (χ2n) is 5.25. The smallest absolute Gasteiger partial charge is 0.246 e. The predicted octanol–water partition coefficient (Wildman–Crippen LogP) is 3.91. The number of hydrogen-bond donors (Lipinski definition) is 0. The fourth-order valence-corrected chi connectivity index (χ4v) is 2.08. The van der Waals surface area contributed by atoms with Crippen LogP contribution in [0.5, 0.6) is 0 Å². The predicted molar refractivity (Wildman–Crippen MR) is 76.5 cm³/mol. The van der Waals surface area contributed by atoms with Gasteiger partial charge in [-0.3, -0.25) is 0 Å². The Morgan fingerprint density at radius 3 is 2.32 bits per heavy atom. The van der Waals surface area contributed by atoms with Gasteiger partial charge >= 0.3 is 0 Å². The average Bonchev–Trinajstić information content (AvgIpc) is 2.39. The summed E-state index contributed by atoms with van der Waals surface area (Å²) in [5.74, 6) is -0.213. The summed E-state index contributed by atoms with van der Waals surface area (Å²) in [6.45, 7) is 4.03. The highest BCUT2D eigenvalue weighted by atomic mass is 28.2. The second-order valence-corrected chi connectivity index (χ2v) is 5.45. The first-order valence-corrected chi connectivity index (χ1v) is 6.61. The fourth-order valence-electron chi connectivity index (χ4n) is 2.01. The molecule has 19 heavy (non-hydrogen) atoms. The maximum absolute atomic E-state index is 13.2. The summed E-state index contributed by atoms with van der Waals surface area (Å²) in [5.41, 5.74) is 2.84. The maximum Gasteiger partial charge on any atom is 0.246 e. The lowest BCUT2D eigenvalue weighted by atomic mass is 9.96. The van der Waals surface area contributed by atoms with E-state index in [1.807, 2.05) is 44.2 Å². The van der Waals surface area contributed by atoms with Gasteiger partial charge < -0.3 is 4.43 Å². The van der Waals surface area contributed by atoms with Crippen LogP contribution in [0.25, 0.3) is 11.1 Å². The Hall–Kier alpha value is -1.45. The van der Waals surface area contributed by atoms with Gasteiger partial charge in [-0.15, -0.1) is 0 Å². The van der Waals surface area contributed by atoms with E-state index in [9.17, 15) is 4.39 Å². The first-order chi connectivity index (χ1) is 9.00. The van der Waals surface area contributed by atoms with Crippen LogP contribution in [0, 0.1) is 5.82 Å². The molecule has 0 aliphatic heterocycles. The van der Waals surface area contributed by atoms with Crippen LogP contribution in [0.3, 0.4) is 0 Å². The van der Waals surface area contributed by atoms with Gasteiger partial charge in [0.25, 0.3) is 0 Å². The van der Waals surface area contributed by atoms with E-state index in [0.717, 1.165) is 17.5 Å². The van der Waals surface area contributed by atoms with Gasteiger partial charge in [0.1, 0.15) is 5.82 Å². The molecule has 3 heteroatoms. The minimum Gasteiger partial charge on any atom is -0.413 e. The zero-order valence-electron chi connectivity index (χ0n) is 11.1. The second kappa shape index (κ2) is 5.68. The molecule has 0 N–H and O–H groups in total.